The third-order valence-electron chi connectivity index (χ3n) is 3.19. The zero-order valence-electron chi connectivity index (χ0n) is 11.4. The number of nitrogens with one attached hydrogen (secondary N) is 1. The molecule has 7 nitrogen and oxygen atoms in total. The number of ether oxygens (including phenoxy) is 1. The predicted octanol–water partition coefficient (Wildman–Crippen LogP) is -0.457. The van der Waals surface area contributed by atoms with Gasteiger partial charge in [-0.25, -0.2) is 12.8 Å². The number of nitrogen functional groups attached to an aromatic ring is 1. The summed E-state index contributed by atoms with van der Waals surface area (Å²) in [7, 11) is -2.69. The number of sulfonamides is 1. The van der Waals surface area contributed by atoms with E-state index in [4.69, 9.17) is 10.5 Å². The molecular formula is C12H16FN3O4S. The minimum atomic E-state index is -4.09. The smallest absolute Gasteiger partial charge is 0.246 e. The second kappa shape index (κ2) is 5.96. The molecule has 21 heavy (non-hydrogen) atoms. The summed E-state index contributed by atoms with van der Waals surface area (Å²) in [4.78, 5) is 11.5. The topological polar surface area (TPSA) is 102 Å². The van der Waals surface area contributed by atoms with Gasteiger partial charge in [-0.05, 0) is 18.2 Å². The third kappa shape index (κ3) is 2.99. The number of rotatable bonds is 3. The average Bonchev–Trinajstić information content (AvgIpc) is 2.48. The Bertz CT molecular complexity index is 650. The van der Waals surface area contributed by atoms with Crippen LogP contribution in [-0.4, -0.2) is 51.5 Å². The van der Waals surface area contributed by atoms with E-state index in [1.54, 1.807) is 0 Å². The first-order valence-corrected chi connectivity index (χ1v) is 7.68. The van der Waals surface area contributed by atoms with Crippen LogP contribution < -0.4 is 11.1 Å². The van der Waals surface area contributed by atoms with Crippen molar-refractivity contribution in [1.29, 1.82) is 0 Å². The first-order chi connectivity index (χ1) is 9.87. The number of carbonyl (C=O) groups excluding carboxylic acids is 1. The second-order valence-electron chi connectivity index (χ2n) is 4.50. The maximum Gasteiger partial charge on any atom is 0.246 e. The molecule has 1 unspecified atom stereocenters. The van der Waals surface area contributed by atoms with E-state index in [0.29, 0.717) is 0 Å². The summed E-state index contributed by atoms with van der Waals surface area (Å²) in [5, 5.41) is 2.38. The van der Waals surface area contributed by atoms with Gasteiger partial charge in [0.15, 0.2) is 0 Å². The largest absolute Gasteiger partial charge is 0.398 e. The standard InChI is InChI=1S/C12H16FN3O4S/c1-15-12(17)10-7-20-5-4-16(10)21(18,19)11-6-8(13)2-3-9(11)14/h2-3,6,10H,4-5,7,14H2,1H3,(H,15,17). The van der Waals surface area contributed by atoms with Crippen molar-refractivity contribution in [3.63, 3.8) is 0 Å². The number of benzene rings is 1. The number of amides is 1. The fourth-order valence-electron chi connectivity index (χ4n) is 2.11. The van der Waals surface area contributed by atoms with Crippen molar-refractivity contribution < 1.29 is 22.3 Å². The molecular weight excluding hydrogens is 301 g/mol. The van der Waals surface area contributed by atoms with Crippen LogP contribution >= 0.6 is 0 Å². The van der Waals surface area contributed by atoms with Crippen molar-refractivity contribution >= 4 is 21.6 Å². The van der Waals surface area contributed by atoms with E-state index in [2.05, 4.69) is 5.32 Å². The zero-order valence-corrected chi connectivity index (χ0v) is 12.2. The molecule has 1 aliphatic rings. The van der Waals surface area contributed by atoms with Crippen molar-refractivity contribution in [1.82, 2.24) is 9.62 Å². The lowest BCUT2D eigenvalue weighted by Gasteiger charge is -2.33. The van der Waals surface area contributed by atoms with E-state index >= 15 is 0 Å². The van der Waals surface area contributed by atoms with Crippen LogP contribution in [0.2, 0.25) is 0 Å². The van der Waals surface area contributed by atoms with E-state index in [9.17, 15) is 17.6 Å². The zero-order chi connectivity index (χ0) is 15.6. The Hall–Kier alpha value is -1.71. The number of likely N-dealkylation sites (N-methyl/N-ethyl adjacent to an activating group) is 1. The van der Waals surface area contributed by atoms with E-state index < -0.39 is 27.8 Å². The molecule has 116 valence electrons. The highest BCUT2D eigenvalue weighted by Crippen LogP contribution is 2.26. The summed E-state index contributed by atoms with van der Waals surface area (Å²) in [6.07, 6.45) is 0. The van der Waals surface area contributed by atoms with Gasteiger partial charge in [-0.1, -0.05) is 0 Å². The molecule has 1 aromatic rings. The molecule has 1 amide bonds. The van der Waals surface area contributed by atoms with Gasteiger partial charge in [0.05, 0.1) is 18.9 Å². The van der Waals surface area contributed by atoms with Crippen molar-refractivity contribution in [2.24, 2.45) is 0 Å². The molecule has 0 saturated carbocycles. The molecule has 1 aromatic carbocycles. The van der Waals surface area contributed by atoms with Crippen LogP contribution in [0.1, 0.15) is 0 Å². The summed E-state index contributed by atoms with van der Waals surface area (Å²) in [5.74, 6) is -1.21. The number of nitrogens with two attached hydrogens (primary N) is 1. The van der Waals surface area contributed by atoms with E-state index in [-0.39, 0.29) is 30.3 Å². The molecule has 3 N–H and O–H groups in total. The highest BCUT2D eigenvalue weighted by molar-refractivity contribution is 7.89. The Morgan fingerprint density at radius 2 is 2.24 bits per heavy atom. The summed E-state index contributed by atoms with van der Waals surface area (Å²) in [5.41, 5.74) is 5.56. The molecule has 0 spiro atoms. The summed E-state index contributed by atoms with van der Waals surface area (Å²) in [6.45, 7) is 0.0897. The van der Waals surface area contributed by atoms with Gasteiger partial charge in [0, 0.05) is 13.6 Å². The lowest BCUT2D eigenvalue weighted by molar-refractivity contribution is -0.128. The molecule has 0 aromatic heterocycles. The Labute approximate surface area is 121 Å². The van der Waals surface area contributed by atoms with Gasteiger partial charge >= 0.3 is 0 Å². The summed E-state index contributed by atoms with van der Waals surface area (Å²) in [6, 6.07) is 2.10. The number of morpholine rings is 1. The van der Waals surface area contributed by atoms with Gasteiger partial charge < -0.3 is 15.8 Å². The highest BCUT2D eigenvalue weighted by Gasteiger charge is 2.38. The van der Waals surface area contributed by atoms with Gasteiger partial charge in [0.1, 0.15) is 16.8 Å². The van der Waals surface area contributed by atoms with E-state index in [0.717, 1.165) is 16.4 Å². The lowest BCUT2D eigenvalue weighted by Crippen LogP contribution is -2.55. The van der Waals surface area contributed by atoms with Crippen molar-refractivity contribution in [3.8, 4) is 0 Å². The first kappa shape index (κ1) is 15.7. The van der Waals surface area contributed by atoms with Crippen LogP contribution in [0.25, 0.3) is 0 Å². The van der Waals surface area contributed by atoms with Gasteiger partial charge in [-0.2, -0.15) is 4.31 Å². The average molecular weight is 317 g/mol. The number of nitrogens with zero attached hydrogens (tertiary/aromatic N) is 1. The van der Waals surface area contributed by atoms with Gasteiger partial charge in [0.25, 0.3) is 0 Å². The van der Waals surface area contributed by atoms with Crippen molar-refractivity contribution in [2.75, 3.05) is 32.5 Å². The predicted molar refractivity (Wildman–Crippen MR) is 73.4 cm³/mol. The van der Waals surface area contributed by atoms with Gasteiger partial charge in [-0.3, -0.25) is 4.79 Å². The number of anilines is 1. The van der Waals surface area contributed by atoms with Crippen LogP contribution in [0, 0.1) is 5.82 Å². The van der Waals surface area contributed by atoms with Crippen LogP contribution in [0.15, 0.2) is 23.1 Å². The van der Waals surface area contributed by atoms with Crippen LogP contribution in [-0.2, 0) is 19.6 Å². The molecule has 1 atom stereocenters. The molecule has 1 saturated heterocycles. The second-order valence-corrected chi connectivity index (χ2v) is 6.36. The maximum atomic E-state index is 13.3. The molecule has 0 aliphatic carbocycles. The third-order valence-corrected chi connectivity index (χ3v) is 5.15. The number of halogens is 1. The van der Waals surface area contributed by atoms with Gasteiger partial charge in [-0.15, -0.1) is 0 Å². The fraction of sp³-hybridized carbons (Fsp3) is 0.417. The Balaban J connectivity index is 2.45. The minimum absolute atomic E-state index is 0.00360. The normalized spacial score (nSPS) is 20.2. The fourth-order valence-corrected chi connectivity index (χ4v) is 3.79. The monoisotopic (exact) mass is 317 g/mol. The van der Waals surface area contributed by atoms with Crippen molar-refractivity contribution in [3.05, 3.63) is 24.0 Å². The first-order valence-electron chi connectivity index (χ1n) is 6.24. The molecule has 9 heteroatoms. The van der Waals surface area contributed by atoms with Crippen LogP contribution in [0.5, 0.6) is 0 Å². The molecule has 1 aliphatic heterocycles. The summed E-state index contributed by atoms with van der Waals surface area (Å²) >= 11 is 0. The molecule has 1 fully saturated rings. The number of hydrogen-bond donors (Lipinski definition) is 2. The Kier molecular flexibility index (Phi) is 4.45. The van der Waals surface area contributed by atoms with Crippen molar-refractivity contribution in [2.45, 2.75) is 10.9 Å². The minimum Gasteiger partial charge on any atom is -0.398 e. The maximum absolute atomic E-state index is 13.3. The molecule has 1 heterocycles. The lowest BCUT2D eigenvalue weighted by atomic mass is 10.2. The molecule has 2 rings (SSSR count). The van der Waals surface area contributed by atoms with Gasteiger partial charge in [0.2, 0.25) is 15.9 Å². The molecule has 0 radical (unpaired) electrons. The van der Waals surface area contributed by atoms with E-state index in [1.165, 1.54) is 13.1 Å². The Morgan fingerprint density at radius 3 is 2.90 bits per heavy atom. The van der Waals surface area contributed by atoms with Crippen LogP contribution in [0.4, 0.5) is 10.1 Å². The number of hydrogen-bond acceptors (Lipinski definition) is 5. The van der Waals surface area contributed by atoms with E-state index in [1.807, 2.05) is 0 Å². The highest BCUT2D eigenvalue weighted by atomic mass is 32.2. The molecule has 0 bridgehead atoms. The quantitative estimate of drug-likeness (QED) is 0.735. The number of carbonyl (C=O) groups is 1. The van der Waals surface area contributed by atoms with Crippen LogP contribution in [0.3, 0.4) is 0 Å². The SMILES string of the molecule is CNC(=O)C1COCCN1S(=O)(=O)c1cc(F)ccc1N. The Morgan fingerprint density at radius 1 is 1.52 bits per heavy atom. The summed E-state index contributed by atoms with van der Waals surface area (Å²) < 4.78 is 44.7.